The smallest absolute Gasteiger partial charge is 0.00463 e. The zero-order valence-corrected chi connectivity index (χ0v) is 11.1. The maximum absolute atomic E-state index is 3.45. The monoisotopic (exact) mass is 211 g/mol. The molecule has 1 heteroatoms. The third kappa shape index (κ3) is 5.01. The van der Waals surface area contributed by atoms with Crippen LogP contribution >= 0.6 is 0 Å². The number of hydrogen-bond donors (Lipinski definition) is 1. The van der Waals surface area contributed by atoms with E-state index in [0.717, 1.165) is 11.8 Å². The summed E-state index contributed by atoms with van der Waals surface area (Å²) < 4.78 is 0. The Kier molecular flexibility index (Phi) is 5.11. The van der Waals surface area contributed by atoms with Crippen molar-refractivity contribution in [3.8, 4) is 0 Å². The molecule has 1 N–H and O–H groups in total. The summed E-state index contributed by atoms with van der Waals surface area (Å²) in [5, 5.41) is 3.45. The quantitative estimate of drug-likeness (QED) is 0.728. The van der Waals surface area contributed by atoms with Crippen LogP contribution < -0.4 is 5.32 Å². The van der Waals surface area contributed by atoms with Crippen molar-refractivity contribution in [1.82, 2.24) is 5.32 Å². The Balaban J connectivity index is 2.33. The Morgan fingerprint density at radius 1 is 1.27 bits per heavy atom. The Hall–Kier alpha value is -0.0400. The zero-order chi connectivity index (χ0) is 11.3. The first kappa shape index (κ1) is 13.0. The molecule has 1 saturated heterocycles. The molecule has 1 atom stereocenters. The summed E-state index contributed by atoms with van der Waals surface area (Å²) in [4.78, 5) is 0. The Bertz CT molecular complexity index is 168. The van der Waals surface area contributed by atoms with Crippen molar-refractivity contribution in [3.05, 3.63) is 0 Å². The normalized spacial score (nSPS) is 21.6. The third-order valence-electron chi connectivity index (χ3n) is 3.90. The molecule has 1 aliphatic rings. The molecule has 90 valence electrons. The van der Waals surface area contributed by atoms with Crippen molar-refractivity contribution in [2.45, 2.75) is 59.8 Å². The number of nitrogens with one attached hydrogen (secondary N) is 1. The Morgan fingerprint density at radius 3 is 2.40 bits per heavy atom. The SMILES string of the molecule is CCC(C)CC(C)(C)CC1CCNCC1. The molecule has 1 unspecified atom stereocenters. The van der Waals surface area contributed by atoms with Gasteiger partial charge >= 0.3 is 0 Å². The lowest BCUT2D eigenvalue weighted by Gasteiger charge is -2.33. The lowest BCUT2D eigenvalue weighted by Crippen LogP contribution is -2.30. The highest BCUT2D eigenvalue weighted by Crippen LogP contribution is 2.36. The van der Waals surface area contributed by atoms with E-state index in [9.17, 15) is 0 Å². The second-order valence-electron chi connectivity index (χ2n) is 6.28. The van der Waals surface area contributed by atoms with E-state index < -0.39 is 0 Å². The first-order chi connectivity index (χ1) is 7.03. The Labute approximate surface area is 96.0 Å². The standard InChI is InChI=1S/C14H29N/c1-5-12(2)10-14(3,4)11-13-6-8-15-9-7-13/h12-13,15H,5-11H2,1-4H3. The summed E-state index contributed by atoms with van der Waals surface area (Å²) in [6.07, 6.45) is 6.94. The number of rotatable bonds is 5. The van der Waals surface area contributed by atoms with Gasteiger partial charge in [0.2, 0.25) is 0 Å². The van der Waals surface area contributed by atoms with Gasteiger partial charge in [0.25, 0.3) is 0 Å². The molecule has 1 nitrogen and oxygen atoms in total. The molecule has 0 aromatic carbocycles. The van der Waals surface area contributed by atoms with E-state index in [1.54, 1.807) is 0 Å². The maximum Gasteiger partial charge on any atom is -0.00463 e. The van der Waals surface area contributed by atoms with Gasteiger partial charge in [-0.25, -0.2) is 0 Å². The first-order valence-electron chi connectivity index (χ1n) is 6.74. The fourth-order valence-electron chi connectivity index (χ4n) is 3.04. The van der Waals surface area contributed by atoms with Crippen LogP contribution in [0.3, 0.4) is 0 Å². The molecule has 0 aromatic rings. The predicted octanol–water partition coefficient (Wildman–Crippen LogP) is 3.84. The molecule has 15 heavy (non-hydrogen) atoms. The van der Waals surface area contributed by atoms with E-state index in [1.165, 1.54) is 45.2 Å². The van der Waals surface area contributed by atoms with Gasteiger partial charge in [-0.3, -0.25) is 0 Å². The van der Waals surface area contributed by atoms with Crippen molar-refractivity contribution in [3.63, 3.8) is 0 Å². The van der Waals surface area contributed by atoms with Crippen LogP contribution in [0.4, 0.5) is 0 Å². The summed E-state index contributed by atoms with van der Waals surface area (Å²) in [6, 6.07) is 0. The van der Waals surface area contributed by atoms with Gasteiger partial charge in [-0.2, -0.15) is 0 Å². The summed E-state index contributed by atoms with van der Waals surface area (Å²) in [5.41, 5.74) is 0.553. The zero-order valence-electron chi connectivity index (χ0n) is 11.1. The average molecular weight is 211 g/mol. The average Bonchev–Trinajstić information content (AvgIpc) is 2.17. The number of piperidine rings is 1. The molecule has 0 radical (unpaired) electrons. The van der Waals surface area contributed by atoms with Crippen molar-refractivity contribution < 1.29 is 0 Å². The highest BCUT2D eigenvalue weighted by Gasteiger charge is 2.25. The second kappa shape index (κ2) is 5.89. The highest BCUT2D eigenvalue weighted by molar-refractivity contribution is 4.78. The molecule has 1 fully saturated rings. The molecule has 0 aromatic heterocycles. The van der Waals surface area contributed by atoms with Crippen LogP contribution in [0, 0.1) is 17.3 Å². The van der Waals surface area contributed by atoms with Crippen molar-refractivity contribution >= 4 is 0 Å². The molecule has 1 aliphatic heterocycles. The molecule has 0 bridgehead atoms. The van der Waals surface area contributed by atoms with E-state index in [4.69, 9.17) is 0 Å². The van der Waals surface area contributed by atoms with Gasteiger partial charge in [-0.1, -0.05) is 34.1 Å². The van der Waals surface area contributed by atoms with Crippen LogP contribution in [0.1, 0.15) is 59.8 Å². The predicted molar refractivity (Wildman–Crippen MR) is 68.1 cm³/mol. The summed E-state index contributed by atoms with van der Waals surface area (Å²) >= 11 is 0. The molecule has 0 saturated carbocycles. The van der Waals surface area contributed by atoms with Crippen LogP contribution in [0.25, 0.3) is 0 Å². The van der Waals surface area contributed by atoms with Crippen molar-refractivity contribution in [2.75, 3.05) is 13.1 Å². The lowest BCUT2D eigenvalue weighted by molar-refractivity contribution is 0.188. The molecule has 0 amide bonds. The molecule has 0 spiro atoms. The molecule has 0 aliphatic carbocycles. The summed E-state index contributed by atoms with van der Waals surface area (Å²) in [6.45, 7) is 12.1. The second-order valence-corrected chi connectivity index (χ2v) is 6.28. The van der Waals surface area contributed by atoms with Crippen LogP contribution in [-0.2, 0) is 0 Å². The van der Waals surface area contributed by atoms with Gasteiger partial charge in [0, 0.05) is 0 Å². The largest absolute Gasteiger partial charge is 0.317 e. The van der Waals surface area contributed by atoms with Gasteiger partial charge in [0.1, 0.15) is 0 Å². The fraction of sp³-hybridized carbons (Fsp3) is 1.00. The van der Waals surface area contributed by atoms with E-state index >= 15 is 0 Å². The first-order valence-corrected chi connectivity index (χ1v) is 6.74. The van der Waals surface area contributed by atoms with Crippen molar-refractivity contribution in [1.29, 1.82) is 0 Å². The summed E-state index contributed by atoms with van der Waals surface area (Å²) in [5.74, 6) is 1.87. The fourth-order valence-corrected chi connectivity index (χ4v) is 3.04. The van der Waals surface area contributed by atoms with Crippen molar-refractivity contribution in [2.24, 2.45) is 17.3 Å². The molecule has 1 rings (SSSR count). The minimum absolute atomic E-state index is 0.553. The lowest BCUT2D eigenvalue weighted by atomic mass is 9.74. The highest BCUT2D eigenvalue weighted by atomic mass is 14.9. The Morgan fingerprint density at radius 2 is 1.87 bits per heavy atom. The maximum atomic E-state index is 3.45. The molecular weight excluding hydrogens is 182 g/mol. The van der Waals surface area contributed by atoms with Crippen LogP contribution in [0.5, 0.6) is 0 Å². The minimum Gasteiger partial charge on any atom is -0.317 e. The number of hydrogen-bond acceptors (Lipinski definition) is 1. The summed E-state index contributed by atoms with van der Waals surface area (Å²) in [7, 11) is 0. The van der Waals surface area contributed by atoms with Gasteiger partial charge in [-0.05, 0) is 56.0 Å². The topological polar surface area (TPSA) is 12.0 Å². The van der Waals surface area contributed by atoms with Gasteiger partial charge in [-0.15, -0.1) is 0 Å². The molecular formula is C14H29N. The van der Waals surface area contributed by atoms with E-state index in [1.807, 2.05) is 0 Å². The molecule has 1 heterocycles. The third-order valence-corrected chi connectivity index (χ3v) is 3.90. The minimum atomic E-state index is 0.553. The van der Waals surface area contributed by atoms with Crippen LogP contribution in [0.2, 0.25) is 0 Å². The van der Waals surface area contributed by atoms with Gasteiger partial charge in [0.15, 0.2) is 0 Å². The van der Waals surface area contributed by atoms with Crippen LogP contribution in [0.15, 0.2) is 0 Å². The van der Waals surface area contributed by atoms with E-state index in [0.29, 0.717) is 5.41 Å². The van der Waals surface area contributed by atoms with Crippen LogP contribution in [-0.4, -0.2) is 13.1 Å². The van der Waals surface area contributed by atoms with E-state index in [2.05, 4.69) is 33.0 Å². The van der Waals surface area contributed by atoms with Gasteiger partial charge in [0.05, 0.1) is 0 Å². The van der Waals surface area contributed by atoms with Gasteiger partial charge < -0.3 is 5.32 Å². The van der Waals surface area contributed by atoms with E-state index in [-0.39, 0.29) is 0 Å².